The number of rotatable bonds is 9. The Labute approximate surface area is 129 Å². The van der Waals surface area contributed by atoms with Crippen LogP contribution < -0.4 is 11.1 Å². The van der Waals surface area contributed by atoms with E-state index in [0.29, 0.717) is 12.1 Å². The zero-order valence-corrected chi connectivity index (χ0v) is 13.6. The number of benzene rings is 1. The first kappa shape index (κ1) is 17.8. The lowest BCUT2D eigenvalue weighted by Crippen LogP contribution is -2.24. The van der Waals surface area contributed by atoms with Gasteiger partial charge in [-0.3, -0.25) is 0 Å². The average molecular weight is 331 g/mol. The SMILES string of the molecule is CSCCCNCCS(=O)(=O)c1ccc(/C(N)=N/O)cc1. The molecule has 1 aromatic rings. The minimum absolute atomic E-state index is 0.0468. The smallest absolute Gasteiger partial charge is 0.179 e. The van der Waals surface area contributed by atoms with E-state index in [9.17, 15) is 8.42 Å². The number of nitrogens with one attached hydrogen (secondary N) is 1. The van der Waals surface area contributed by atoms with Crippen LogP contribution in [0.5, 0.6) is 0 Å². The Hall–Kier alpha value is -1.25. The molecule has 0 unspecified atom stereocenters. The van der Waals surface area contributed by atoms with Crippen LogP contribution in [-0.2, 0) is 9.84 Å². The molecule has 1 rings (SSSR count). The molecule has 0 fully saturated rings. The van der Waals surface area contributed by atoms with E-state index in [2.05, 4.69) is 10.5 Å². The van der Waals surface area contributed by atoms with Gasteiger partial charge < -0.3 is 16.3 Å². The lowest BCUT2D eigenvalue weighted by atomic mass is 10.2. The maximum Gasteiger partial charge on any atom is 0.179 e. The summed E-state index contributed by atoms with van der Waals surface area (Å²) < 4.78 is 24.2. The van der Waals surface area contributed by atoms with E-state index < -0.39 is 9.84 Å². The molecule has 0 saturated heterocycles. The van der Waals surface area contributed by atoms with Gasteiger partial charge in [0.15, 0.2) is 15.7 Å². The standard InChI is InChI=1S/C13H21N3O3S2/c1-20-9-2-7-15-8-10-21(18,19)12-5-3-11(4-6-12)13(14)16-17/h3-6,15,17H,2,7-10H2,1H3,(H2,14,16). The Bertz CT molecular complexity index is 557. The van der Waals surface area contributed by atoms with Gasteiger partial charge in [-0.15, -0.1) is 0 Å². The summed E-state index contributed by atoms with van der Waals surface area (Å²) in [4.78, 5) is 0.239. The largest absolute Gasteiger partial charge is 0.409 e. The minimum atomic E-state index is -3.31. The zero-order chi connectivity index (χ0) is 15.7. The highest BCUT2D eigenvalue weighted by molar-refractivity contribution is 7.98. The molecule has 0 aliphatic heterocycles. The van der Waals surface area contributed by atoms with Crippen LogP contribution in [0.4, 0.5) is 0 Å². The van der Waals surface area contributed by atoms with Crippen molar-refractivity contribution in [3.63, 3.8) is 0 Å². The molecule has 1 aromatic carbocycles. The molecule has 0 aliphatic rings. The van der Waals surface area contributed by atoms with Crippen molar-refractivity contribution in [2.75, 3.05) is 30.9 Å². The van der Waals surface area contributed by atoms with Gasteiger partial charge in [-0.05, 0) is 49.2 Å². The Morgan fingerprint density at radius 2 is 2.00 bits per heavy atom. The van der Waals surface area contributed by atoms with Crippen molar-refractivity contribution in [2.24, 2.45) is 10.9 Å². The summed E-state index contributed by atoms with van der Waals surface area (Å²) in [5.74, 6) is 1.07. The molecule has 6 nitrogen and oxygen atoms in total. The van der Waals surface area contributed by atoms with E-state index in [1.165, 1.54) is 24.3 Å². The highest BCUT2D eigenvalue weighted by atomic mass is 32.2. The van der Waals surface area contributed by atoms with Gasteiger partial charge in [0.1, 0.15) is 0 Å². The molecule has 0 aliphatic carbocycles. The molecule has 0 heterocycles. The molecule has 8 heteroatoms. The Kier molecular flexibility index (Phi) is 7.55. The molecule has 0 saturated carbocycles. The molecule has 21 heavy (non-hydrogen) atoms. The highest BCUT2D eigenvalue weighted by Crippen LogP contribution is 2.12. The fourth-order valence-corrected chi connectivity index (χ4v) is 3.31. The van der Waals surface area contributed by atoms with Crippen LogP contribution in [0.25, 0.3) is 0 Å². The number of hydrogen-bond acceptors (Lipinski definition) is 6. The molecule has 0 atom stereocenters. The molecular weight excluding hydrogens is 310 g/mol. The number of nitrogens with two attached hydrogens (primary N) is 1. The summed E-state index contributed by atoms with van der Waals surface area (Å²) in [5.41, 5.74) is 5.91. The summed E-state index contributed by atoms with van der Waals surface area (Å²) in [6, 6.07) is 5.98. The van der Waals surface area contributed by atoms with Crippen LogP contribution in [0.1, 0.15) is 12.0 Å². The molecule has 4 N–H and O–H groups in total. The van der Waals surface area contributed by atoms with Crippen molar-refractivity contribution in [2.45, 2.75) is 11.3 Å². The van der Waals surface area contributed by atoms with Crippen LogP contribution in [-0.4, -0.2) is 50.3 Å². The maximum atomic E-state index is 12.1. The van der Waals surface area contributed by atoms with E-state index in [0.717, 1.165) is 18.7 Å². The van der Waals surface area contributed by atoms with Crippen molar-refractivity contribution in [3.8, 4) is 0 Å². The summed E-state index contributed by atoms with van der Waals surface area (Å²) in [7, 11) is -3.31. The number of sulfone groups is 1. The van der Waals surface area contributed by atoms with E-state index >= 15 is 0 Å². The van der Waals surface area contributed by atoms with Gasteiger partial charge in [0.2, 0.25) is 0 Å². The predicted molar refractivity (Wildman–Crippen MR) is 86.9 cm³/mol. The van der Waals surface area contributed by atoms with E-state index in [1.807, 2.05) is 6.26 Å². The first-order valence-electron chi connectivity index (χ1n) is 6.51. The minimum Gasteiger partial charge on any atom is -0.409 e. The van der Waals surface area contributed by atoms with Crippen LogP contribution in [0.15, 0.2) is 34.3 Å². The van der Waals surface area contributed by atoms with Gasteiger partial charge in [-0.25, -0.2) is 8.42 Å². The Morgan fingerprint density at radius 3 is 2.57 bits per heavy atom. The van der Waals surface area contributed by atoms with E-state index in [4.69, 9.17) is 10.9 Å². The zero-order valence-electron chi connectivity index (χ0n) is 11.9. The van der Waals surface area contributed by atoms with E-state index in [1.54, 1.807) is 11.8 Å². The third-order valence-corrected chi connectivity index (χ3v) is 5.30. The average Bonchev–Trinajstić information content (AvgIpc) is 2.50. The third kappa shape index (κ3) is 5.94. The molecule has 0 aromatic heterocycles. The fraction of sp³-hybridized carbons (Fsp3) is 0.462. The predicted octanol–water partition coefficient (Wildman–Crippen LogP) is 0.898. The number of oxime groups is 1. The third-order valence-electron chi connectivity index (χ3n) is 2.87. The van der Waals surface area contributed by atoms with Gasteiger partial charge in [-0.2, -0.15) is 11.8 Å². The van der Waals surface area contributed by atoms with Crippen LogP contribution in [0, 0.1) is 0 Å². The molecule has 0 amide bonds. The van der Waals surface area contributed by atoms with Gasteiger partial charge in [-0.1, -0.05) is 5.16 Å². The van der Waals surface area contributed by atoms with Gasteiger partial charge in [0.25, 0.3) is 0 Å². The summed E-state index contributed by atoms with van der Waals surface area (Å²) >= 11 is 1.77. The second kappa shape index (κ2) is 8.91. The summed E-state index contributed by atoms with van der Waals surface area (Å²) in [6.45, 7) is 1.25. The maximum absolute atomic E-state index is 12.1. The normalized spacial score (nSPS) is 12.5. The Morgan fingerprint density at radius 1 is 1.33 bits per heavy atom. The fourth-order valence-electron chi connectivity index (χ4n) is 1.68. The Balaban J connectivity index is 2.54. The number of amidine groups is 1. The van der Waals surface area contributed by atoms with E-state index in [-0.39, 0.29) is 16.5 Å². The lowest BCUT2D eigenvalue weighted by Gasteiger charge is -2.07. The van der Waals surface area contributed by atoms with Gasteiger partial charge in [0.05, 0.1) is 10.6 Å². The van der Waals surface area contributed by atoms with Crippen molar-refractivity contribution in [1.82, 2.24) is 5.32 Å². The lowest BCUT2D eigenvalue weighted by molar-refractivity contribution is 0.318. The summed E-state index contributed by atoms with van der Waals surface area (Å²) in [6.07, 6.45) is 3.07. The monoisotopic (exact) mass is 331 g/mol. The molecular formula is C13H21N3O3S2. The quantitative estimate of drug-likeness (QED) is 0.204. The molecule has 0 spiro atoms. The number of thioether (sulfide) groups is 1. The van der Waals surface area contributed by atoms with Crippen LogP contribution in [0.3, 0.4) is 0 Å². The second-order valence-electron chi connectivity index (χ2n) is 4.42. The second-order valence-corrected chi connectivity index (χ2v) is 7.52. The van der Waals surface area contributed by atoms with Crippen molar-refractivity contribution in [3.05, 3.63) is 29.8 Å². The van der Waals surface area contributed by atoms with Gasteiger partial charge in [0, 0.05) is 12.1 Å². The first-order chi connectivity index (χ1) is 10.0. The van der Waals surface area contributed by atoms with Crippen molar-refractivity contribution < 1.29 is 13.6 Å². The van der Waals surface area contributed by atoms with Crippen LogP contribution >= 0.6 is 11.8 Å². The van der Waals surface area contributed by atoms with Crippen molar-refractivity contribution in [1.29, 1.82) is 0 Å². The number of nitrogens with zero attached hydrogens (tertiary/aromatic N) is 1. The molecule has 0 radical (unpaired) electrons. The molecule has 0 bridgehead atoms. The topological polar surface area (TPSA) is 105 Å². The van der Waals surface area contributed by atoms with Gasteiger partial charge >= 0.3 is 0 Å². The summed E-state index contributed by atoms with van der Waals surface area (Å²) in [5, 5.41) is 14.5. The molecule has 118 valence electrons. The first-order valence-corrected chi connectivity index (χ1v) is 9.56. The van der Waals surface area contributed by atoms with Crippen LogP contribution in [0.2, 0.25) is 0 Å². The number of hydrogen-bond donors (Lipinski definition) is 3. The highest BCUT2D eigenvalue weighted by Gasteiger charge is 2.14. The van der Waals surface area contributed by atoms with Crippen molar-refractivity contribution >= 4 is 27.4 Å².